The van der Waals surface area contributed by atoms with Crippen LogP contribution in [-0.2, 0) is 42.7 Å². The first-order valence-corrected chi connectivity index (χ1v) is 23.8. The zero-order valence-electron chi connectivity index (χ0n) is 41.0. The summed E-state index contributed by atoms with van der Waals surface area (Å²) in [5.74, 6) is -0.805. The molecule has 2 bridgehead atoms. The van der Waals surface area contributed by atoms with Crippen LogP contribution in [0, 0.1) is 28.1 Å². The van der Waals surface area contributed by atoms with E-state index in [1.165, 1.54) is 0 Å². The van der Waals surface area contributed by atoms with Crippen LogP contribution in [0.5, 0.6) is 0 Å². The van der Waals surface area contributed by atoms with E-state index in [-0.39, 0.29) is 33.7 Å². The molecule has 28 heteroatoms. The van der Waals surface area contributed by atoms with E-state index in [1.807, 2.05) is 6.92 Å². The molecule has 0 amide bonds. The molecule has 0 aromatic rings. The van der Waals surface area contributed by atoms with Gasteiger partial charge < -0.3 is 136 Å². The molecule has 430 valence electrons. The number of carbonyl (C=O) groups excluding carboxylic acids is 1. The van der Waals surface area contributed by atoms with Gasteiger partial charge in [-0.2, -0.15) is 0 Å². The fourth-order valence-electron chi connectivity index (χ4n) is 13.5. The Hall–Kier alpha value is -1.83. The summed E-state index contributed by atoms with van der Waals surface area (Å²) in [6.07, 6.45) is -29.1. The Morgan fingerprint density at radius 3 is 1.47 bits per heavy atom. The fourth-order valence-corrected chi connectivity index (χ4v) is 13.5. The molecule has 73 heavy (non-hydrogen) atoms. The van der Waals surface area contributed by atoms with Crippen LogP contribution in [0.25, 0.3) is 0 Å². The largest absolute Gasteiger partial charge is 0.432 e. The number of hydrogen-bond donors (Lipinski definition) is 15. The number of esters is 1. The average molecular weight is 1070 g/mol. The topological polar surface area (TPSA) is 520 Å². The summed E-state index contributed by atoms with van der Waals surface area (Å²) in [5.41, 5.74) is -2.33. The van der Waals surface area contributed by atoms with Gasteiger partial charge in [-0.25, -0.2) is 0 Å². The molecule has 23 N–H and O–H groups in total. The Morgan fingerprint density at radius 1 is 0.548 bits per heavy atom. The highest BCUT2D eigenvalue weighted by Gasteiger charge is 2.70. The maximum absolute atomic E-state index is 14.3. The Bertz CT molecular complexity index is 1760. The van der Waals surface area contributed by atoms with Gasteiger partial charge in [-0.05, 0) is 86.5 Å². The standard InChI is InChI=1S/C44H70O23.CH4O.4H2O/c1-17-11-43-9-5-22-41(2,7-4-8-42(22,3)40(59)66-38-33(58)30(55)26(51)20(14-47)62-38)23(43)6-10-44(17,16-43)67-39-35(65-37-32(57)29(54)25(50)19(13-46)61-37)34(27(52)21(15-48)63-39)64-36-31(56)28(53)24(49)18(12-45)60-36;1-2;;;;/h18-39,45-58H,1,4-16H2,2-3H3;2H,1H3;4*1H2/t18-,19-,20-,21-,22+,23+,24-,25-,26-,27-,28+,29+,30+,31-,32-,33-,34+,35-,36+,37+,38+,39+,41-,42-,43-,44+;;;;;/m1...../s1. The van der Waals surface area contributed by atoms with Crippen LogP contribution in [-0.4, -0.2) is 266 Å². The molecule has 8 rings (SSSR count). The van der Waals surface area contributed by atoms with Crippen LogP contribution < -0.4 is 0 Å². The summed E-state index contributed by atoms with van der Waals surface area (Å²) in [7, 11) is 1.00. The molecule has 8 fully saturated rings. The van der Waals surface area contributed by atoms with Crippen molar-refractivity contribution in [2.45, 2.75) is 200 Å². The van der Waals surface area contributed by atoms with Crippen molar-refractivity contribution < 1.29 is 141 Å². The van der Waals surface area contributed by atoms with Gasteiger partial charge >= 0.3 is 5.97 Å². The van der Waals surface area contributed by atoms with Crippen molar-refractivity contribution in [1.82, 2.24) is 0 Å². The number of hydrogen-bond acceptors (Lipinski definition) is 24. The molecule has 0 aromatic carbocycles. The molecule has 0 aromatic heterocycles. The number of rotatable bonds is 12. The van der Waals surface area contributed by atoms with Crippen molar-refractivity contribution in [2.75, 3.05) is 33.5 Å². The third-order valence-corrected chi connectivity index (χ3v) is 17.1. The molecule has 4 saturated carbocycles. The lowest BCUT2D eigenvalue weighted by Gasteiger charge is -2.64. The Labute approximate surface area is 420 Å². The maximum Gasteiger partial charge on any atom is 0.314 e. The summed E-state index contributed by atoms with van der Waals surface area (Å²) in [5, 5.41) is 155. The van der Waals surface area contributed by atoms with E-state index in [1.54, 1.807) is 0 Å². The molecule has 4 heterocycles. The van der Waals surface area contributed by atoms with Crippen LogP contribution in [0.1, 0.15) is 71.6 Å². The lowest BCUT2D eigenvalue weighted by Crippen LogP contribution is -2.68. The molecule has 8 aliphatic rings. The SMILES string of the molecule is C=C1C[C@@]23CC[C@H]4[C@@](C)(CCC[C@@]4(C)C(=O)O[C@@H]4O[C@H](CO)[C@@H](O)[C@H](O)[C@H]4O)[C@@H]2CC[C@]1(O[C@@H]1O[C@H](CO)[C@@H](O)[C@H](O[C@@H]2O[C@H](CO)[C@@H](O)[C@H](O)[C@H]2O)[C@H]1O[C@@H]1O[C@H](CO)[C@@H](O)[C@H](O)[C@H]1O)C3.CO.O.O.O.O. The normalized spacial score (nSPS) is 50.1. The van der Waals surface area contributed by atoms with Crippen molar-refractivity contribution in [1.29, 1.82) is 0 Å². The van der Waals surface area contributed by atoms with Crippen molar-refractivity contribution >= 4 is 5.97 Å². The summed E-state index contributed by atoms with van der Waals surface area (Å²) in [6, 6.07) is 0. The molecule has 0 radical (unpaired) electrons. The van der Waals surface area contributed by atoms with E-state index < -0.39 is 177 Å². The summed E-state index contributed by atoms with van der Waals surface area (Å²) in [6.45, 7) is 5.41. The minimum atomic E-state index is -1.95. The van der Waals surface area contributed by atoms with Gasteiger partial charge in [-0.15, -0.1) is 0 Å². The Balaban J connectivity index is 0.00000232. The van der Waals surface area contributed by atoms with Gasteiger partial charge in [0.1, 0.15) is 97.7 Å². The number of aliphatic hydroxyl groups is 15. The minimum Gasteiger partial charge on any atom is -0.432 e. The fraction of sp³-hybridized carbons (Fsp3) is 0.933. The second-order valence-corrected chi connectivity index (χ2v) is 20.8. The Morgan fingerprint density at radius 2 is 0.973 bits per heavy atom. The molecule has 4 saturated heterocycles. The van der Waals surface area contributed by atoms with Crippen molar-refractivity contribution in [3.63, 3.8) is 0 Å². The van der Waals surface area contributed by atoms with Crippen molar-refractivity contribution in [2.24, 2.45) is 28.1 Å². The van der Waals surface area contributed by atoms with Gasteiger partial charge in [-0.3, -0.25) is 4.79 Å². The van der Waals surface area contributed by atoms with Crippen LogP contribution in [0.3, 0.4) is 0 Å². The van der Waals surface area contributed by atoms with Crippen LogP contribution in [0.15, 0.2) is 12.2 Å². The molecule has 28 nitrogen and oxygen atoms in total. The zero-order chi connectivity index (χ0) is 50.7. The van der Waals surface area contributed by atoms with E-state index in [0.29, 0.717) is 56.9 Å². The predicted octanol–water partition coefficient (Wildman–Crippen LogP) is -8.80. The van der Waals surface area contributed by atoms with Gasteiger partial charge in [-0.1, -0.05) is 19.9 Å². The Kier molecular flexibility index (Phi) is 22.7. The highest BCUT2D eigenvalue weighted by Crippen LogP contribution is 2.74. The third kappa shape index (κ3) is 11.3. The van der Waals surface area contributed by atoms with Gasteiger partial charge in [0.15, 0.2) is 18.9 Å². The highest BCUT2D eigenvalue weighted by atomic mass is 16.8. The molecule has 26 atom stereocenters. The second kappa shape index (κ2) is 25.3. The molecule has 4 aliphatic heterocycles. The first kappa shape index (κ1) is 65.5. The summed E-state index contributed by atoms with van der Waals surface area (Å²) in [4.78, 5) is 14.3. The van der Waals surface area contributed by atoms with Crippen LogP contribution in [0.2, 0.25) is 0 Å². The number of aliphatic hydroxyl groups excluding tert-OH is 15. The van der Waals surface area contributed by atoms with Crippen LogP contribution >= 0.6 is 0 Å². The van der Waals surface area contributed by atoms with Gasteiger partial charge in [0.2, 0.25) is 6.29 Å². The predicted molar refractivity (Wildman–Crippen MR) is 242 cm³/mol. The third-order valence-electron chi connectivity index (χ3n) is 17.1. The molecule has 0 unspecified atom stereocenters. The second-order valence-electron chi connectivity index (χ2n) is 20.8. The summed E-state index contributed by atoms with van der Waals surface area (Å²) < 4.78 is 48.2. The van der Waals surface area contributed by atoms with Gasteiger partial charge in [0.25, 0.3) is 0 Å². The zero-order valence-corrected chi connectivity index (χ0v) is 41.0. The van der Waals surface area contributed by atoms with Crippen molar-refractivity contribution in [3.8, 4) is 0 Å². The van der Waals surface area contributed by atoms with E-state index in [0.717, 1.165) is 13.5 Å². The lowest BCUT2D eigenvalue weighted by atomic mass is 9.41. The van der Waals surface area contributed by atoms with Crippen molar-refractivity contribution in [3.05, 3.63) is 12.2 Å². The highest BCUT2D eigenvalue weighted by molar-refractivity contribution is 5.77. The lowest BCUT2D eigenvalue weighted by molar-refractivity contribution is -0.400. The van der Waals surface area contributed by atoms with E-state index in [4.69, 9.17) is 43.0 Å². The minimum absolute atomic E-state index is 0. The first-order chi connectivity index (χ1) is 32.6. The molecule has 4 aliphatic carbocycles. The van der Waals surface area contributed by atoms with Gasteiger partial charge in [0.05, 0.1) is 37.4 Å². The molecule has 1 spiro atoms. The smallest absolute Gasteiger partial charge is 0.314 e. The average Bonchev–Trinajstić information content (AvgIpc) is 3.53. The number of carbonyl (C=O) groups is 1. The number of fused-ring (bicyclic) bond motifs is 3. The van der Waals surface area contributed by atoms with Crippen LogP contribution in [0.4, 0.5) is 0 Å². The maximum atomic E-state index is 14.3. The summed E-state index contributed by atoms with van der Waals surface area (Å²) >= 11 is 0. The quantitative estimate of drug-likeness (QED) is 0.0490. The molecular formula is C45H82O28. The van der Waals surface area contributed by atoms with E-state index in [2.05, 4.69) is 13.5 Å². The monoisotopic (exact) mass is 1070 g/mol. The first-order valence-electron chi connectivity index (χ1n) is 23.8. The number of ether oxygens (including phenoxy) is 8. The van der Waals surface area contributed by atoms with E-state index >= 15 is 0 Å². The van der Waals surface area contributed by atoms with E-state index in [9.17, 15) is 76.3 Å². The molecular weight excluding hydrogens is 988 g/mol. The van der Waals surface area contributed by atoms with Gasteiger partial charge in [0, 0.05) is 7.11 Å².